The van der Waals surface area contributed by atoms with Crippen molar-refractivity contribution in [2.24, 2.45) is 17.8 Å². The zero-order chi connectivity index (χ0) is 19.1. The number of hydrogen-bond acceptors (Lipinski definition) is 3. The van der Waals surface area contributed by atoms with Crippen LogP contribution in [0.5, 0.6) is 0 Å². The summed E-state index contributed by atoms with van der Waals surface area (Å²) in [6.07, 6.45) is 10.5. The lowest BCUT2D eigenvalue weighted by molar-refractivity contribution is -0.139. The Morgan fingerprint density at radius 2 is 1.73 bits per heavy atom. The predicted molar refractivity (Wildman–Crippen MR) is 104 cm³/mol. The van der Waals surface area contributed by atoms with Crippen LogP contribution in [0, 0.1) is 17.8 Å². The minimum atomic E-state index is -0.781. The van der Waals surface area contributed by atoms with E-state index in [1.807, 2.05) is 11.9 Å². The van der Waals surface area contributed by atoms with Gasteiger partial charge >= 0.3 is 5.97 Å². The van der Waals surface area contributed by atoms with E-state index in [9.17, 15) is 9.59 Å². The Bertz CT molecular complexity index is 460. The topological polar surface area (TPSA) is 60.9 Å². The van der Waals surface area contributed by atoms with Crippen molar-refractivity contribution in [3.05, 3.63) is 0 Å². The lowest BCUT2D eigenvalue weighted by Crippen LogP contribution is -2.41. The van der Waals surface area contributed by atoms with Crippen LogP contribution in [0.4, 0.5) is 0 Å². The highest BCUT2D eigenvalue weighted by Gasteiger charge is 2.32. The fourth-order valence-corrected chi connectivity index (χ4v) is 4.76. The number of nitrogens with zero attached hydrogens (tertiary/aromatic N) is 2. The first-order valence-electron chi connectivity index (χ1n) is 10.6. The van der Waals surface area contributed by atoms with Crippen LogP contribution >= 0.6 is 0 Å². The summed E-state index contributed by atoms with van der Waals surface area (Å²) in [5.74, 6) is 0.815. The minimum absolute atomic E-state index is 0.0783. The fourth-order valence-electron chi connectivity index (χ4n) is 4.76. The van der Waals surface area contributed by atoms with Crippen molar-refractivity contribution in [1.29, 1.82) is 0 Å². The molecule has 0 spiro atoms. The van der Waals surface area contributed by atoms with E-state index < -0.39 is 5.97 Å². The third kappa shape index (κ3) is 6.26. The van der Waals surface area contributed by atoms with Gasteiger partial charge in [0.25, 0.3) is 0 Å². The maximum atomic E-state index is 13.2. The molecule has 150 valence electrons. The van der Waals surface area contributed by atoms with Gasteiger partial charge < -0.3 is 10.0 Å². The highest BCUT2D eigenvalue weighted by molar-refractivity contribution is 5.79. The molecule has 2 rings (SSSR count). The van der Waals surface area contributed by atoms with Gasteiger partial charge in [-0.05, 0) is 44.6 Å². The Hall–Kier alpha value is -1.10. The third-order valence-electron chi connectivity index (χ3n) is 6.45. The van der Waals surface area contributed by atoms with Gasteiger partial charge in [0.2, 0.25) is 5.91 Å². The first kappa shape index (κ1) is 21.2. The van der Waals surface area contributed by atoms with E-state index in [0.717, 1.165) is 44.7 Å². The van der Waals surface area contributed by atoms with E-state index in [-0.39, 0.29) is 18.5 Å². The van der Waals surface area contributed by atoms with Gasteiger partial charge in [-0.3, -0.25) is 14.5 Å². The van der Waals surface area contributed by atoms with Crippen LogP contribution in [0.2, 0.25) is 0 Å². The van der Waals surface area contributed by atoms with Crippen LogP contribution < -0.4 is 0 Å². The molecule has 2 unspecified atom stereocenters. The number of carboxylic acid groups (broad SMARTS) is 1. The molecule has 1 saturated carbocycles. The van der Waals surface area contributed by atoms with E-state index in [4.69, 9.17) is 5.11 Å². The molecule has 0 aromatic carbocycles. The number of hydrogen-bond donors (Lipinski definition) is 1. The SMILES string of the molecule is CC(C)C(CC1CCCCC1)C(=O)N1CCCC(N(C)CC(=O)O)CC1. The lowest BCUT2D eigenvalue weighted by atomic mass is 9.78. The third-order valence-corrected chi connectivity index (χ3v) is 6.45. The van der Waals surface area contributed by atoms with E-state index in [1.165, 1.54) is 32.1 Å². The van der Waals surface area contributed by atoms with Gasteiger partial charge in [0.15, 0.2) is 0 Å². The highest BCUT2D eigenvalue weighted by Crippen LogP contribution is 2.33. The molecule has 2 atom stereocenters. The summed E-state index contributed by atoms with van der Waals surface area (Å²) >= 11 is 0. The number of carbonyl (C=O) groups excluding carboxylic acids is 1. The quantitative estimate of drug-likeness (QED) is 0.747. The van der Waals surface area contributed by atoms with Gasteiger partial charge in [0.05, 0.1) is 6.54 Å². The second-order valence-electron chi connectivity index (χ2n) is 8.81. The van der Waals surface area contributed by atoms with Gasteiger partial charge in [-0.2, -0.15) is 0 Å². The van der Waals surface area contributed by atoms with Gasteiger partial charge in [0, 0.05) is 25.0 Å². The predicted octanol–water partition coefficient (Wildman–Crippen LogP) is 3.63. The second-order valence-corrected chi connectivity index (χ2v) is 8.81. The molecular formula is C21H38N2O3. The summed E-state index contributed by atoms with van der Waals surface area (Å²) in [5, 5.41) is 9.01. The molecule has 0 bridgehead atoms. The summed E-state index contributed by atoms with van der Waals surface area (Å²) < 4.78 is 0. The van der Waals surface area contributed by atoms with Crippen molar-refractivity contribution in [3.8, 4) is 0 Å². The van der Waals surface area contributed by atoms with Crippen molar-refractivity contribution in [1.82, 2.24) is 9.80 Å². The highest BCUT2D eigenvalue weighted by atomic mass is 16.4. The monoisotopic (exact) mass is 366 g/mol. The van der Waals surface area contributed by atoms with Crippen molar-refractivity contribution < 1.29 is 14.7 Å². The molecule has 1 aliphatic carbocycles. The Morgan fingerprint density at radius 1 is 1.04 bits per heavy atom. The summed E-state index contributed by atoms with van der Waals surface area (Å²) in [6, 6.07) is 0.264. The van der Waals surface area contributed by atoms with Crippen LogP contribution in [0.3, 0.4) is 0 Å². The molecule has 1 aliphatic heterocycles. The number of amides is 1. The largest absolute Gasteiger partial charge is 0.480 e. The lowest BCUT2D eigenvalue weighted by Gasteiger charge is -2.32. The number of likely N-dealkylation sites (tertiary alicyclic amines) is 1. The van der Waals surface area contributed by atoms with Crippen LogP contribution in [-0.4, -0.2) is 59.5 Å². The van der Waals surface area contributed by atoms with E-state index >= 15 is 0 Å². The average Bonchev–Trinajstić information content (AvgIpc) is 2.85. The van der Waals surface area contributed by atoms with Crippen molar-refractivity contribution in [2.75, 3.05) is 26.7 Å². The molecule has 0 aromatic rings. The fraction of sp³-hybridized carbons (Fsp3) is 0.905. The summed E-state index contributed by atoms with van der Waals surface area (Å²) in [4.78, 5) is 28.2. The normalized spacial score (nSPS) is 23.9. The maximum absolute atomic E-state index is 13.2. The van der Waals surface area contributed by atoms with Crippen molar-refractivity contribution in [2.45, 2.75) is 77.7 Å². The number of carbonyl (C=O) groups is 2. The average molecular weight is 367 g/mol. The van der Waals surface area contributed by atoms with Gasteiger partial charge in [0.1, 0.15) is 0 Å². The Morgan fingerprint density at radius 3 is 2.35 bits per heavy atom. The smallest absolute Gasteiger partial charge is 0.317 e. The maximum Gasteiger partial charge on any atom is 0.317 e. The zero-order valence-electron chi connectivity index (χ0n) is 17.0. The number of likely N-dealkylation sites (N-methyl/N-ethyl adjacent to an activating group) is 1. The Labute approximate surface area is 159 Å². The molecule has 1 saturated heterocycles. The van der Waals surface area contributed by atoms with E-state index in [1.54, 1.807) is 0 Å². The molecule has 0 aromatic heterocycles. The Kier molecular flexibility index (Phi) is 8.39. The molecule has 1 heterocycles. The standard InChI is InChI=1S/C21H38N2O3/c1-16(2)19(14-17-8-5-4-6-9-17)21(26)23-12-7-10-18(11-13-23)22(3)15-20(24)25/h16-19H,4-15H2,1-3H3,(H,24,25). The first-order valence-corrected chi connectivity index (χ1v) is 10.6. The molecular weight excluding hydrogens is 328 g/mol. The molecule has 2 aliphatic rings. The van der Waals surface area contributed by atoms with Crippen LogP contribution in [0.1, 0.15) is 71.6 Å². The van der Waals surface area contributed by atoms with Crippen LogP contribution in [-0.2, 0) is 9.59 Å². The van der Waals surface area contributed by atoms with Crippen molar-refractivity contribution in [3.63, 3.8) is 0 Å². The molecule has 2 fully saturated rings. The van der Waals surface area contributed by atoms with E-state index in [2.05, 4.69) is 18.7 Å². The zero-order valence-corrected chi connectivity index (χ0v) is 17.0. The van der Waals surface area contributed by atoms with Gasteiger partial charge in [-0.15, -0.1) is 0 Å². The number of carboxylic acids is 1. The summed E-state index contributed by atoms with van der Waals surface area (Å²) in [6.45, 7) is 6.04. The summed E-state index contributed by atoms with van der Waals surface area (Å²) in [5.41, 5.74) is 0. The number of aliphatic carboxylic acids is 1. The second kappa shape index (κ2) is 10.3. The Balaban J connectivity index is 1.92. The molecule has 5 heteroatoms. The van der Waals surface area contributed by atoms with Gasteiger partial charge in [-0.1, -0.05) is 46.0 Å². The molecule has 1 N–H and O–H groups in total. The minimum Gasteiger partial charge on any atom is -0.480 e. The molecule has 0 radical (unpaired) electrons. The molecule has 5 nitrogen and oxygen atoms in total. The summed E-state index contributed by atoms with van der Waals surface area (Å²) in [7, 11) is 1.89. The van der Waals surface area contributed by atoms with Gasteiger partial charge in [-0.25, -0.2) is 0 Å². The number of rotatable bonds is 7. The molecule has 26 heavy (non-hydrogen) atoms. The van der Waals surface area contributed by atoms with E-state index in [0.29, 0.717) is 11.8 Å². The molecule has 1 amide bonds. The first-order chi connectivity index (χ1) is 12.4. The van der Waals surface area contributed by atoms with Crippen LogP contribution in [0.25, 0.3) is 0 Å². The van der Waals surface area contributed by atoms with Crippen molar-refractivity contribution >= 4 is 11.9 Å². The van der Waals surface area contributed by atoms with Crippen LogP contribution in [0.15, 0.2) is 0 Å².